The normalized spacial score (nSPS) is 10.4. The molecule has 0 atom stereocenters. The molecule has 56 valence electrons. The second-order valence-corrected chi connectivity index (χ2v) is 2.52. The molecular formula is C6H10ClN3. The number of rotatable bonds is 1. The summed E-state index contributed by atoms with van der Waals surface area (Å²) in [6, 6.07) is 0. The van der Waals surface area contributed by atoms with E-state index >= 15 is 0 Å². The van der Waals surface area contributed by atoms with Crippen molar-refractivity contribution >= 4 is 11.6 Å². The minimum atomic E-state index is 0.403. The molecular weight excluding hydrogens is 150 g/mol. The molecule has 0 aliphatic rings. The van der Waals surface area contributed by atoms with Gasteiger partial charge in [-0.25, -0.2) is 4.98 Å². The van der Waals surface area contributed by atoms with Crippen molar-refractivity contribution in [3.63, 3.8) is 0 Å². The van der Waals surface area contributed by atoms with Crippen LogP contribution in [0.4, 0.5) is 0 Å². The highest BCUT2D eigenvalue weighted by molar-refractivity contribution is 6.30. The van der Waals surface area contributed by atoms with Crippen LogP contribution in [-0.4, -0.2) is 9.55 Å². The van der Waals surface area contributed by atoms with Gasteiger partial charge in [0.2, 0.25) is 0 Å². The molecule has 0 aliphatic carbocycles. The van der Waals surface area contributed by atoms with Crippen molar-refractivity contribution in [3.8, 4) is 0 Å². The van der Waals surface area contributed by atoms with Gasteiger partial charge in [-0.15, -0.1) is 0 Å². The molecule has 0 unspecified atom stereocenters. The summed E-state index contributed by atoms with van der Waals surface area (Å²) in [7, 11) is 1.86. The summed E-state index contributed by atoms with van der Waals surface area (Å²) in [5.41, 5.74) is 6.14. The second-order valence-electron chi connectivity index (χ2n) is 2.16. The Morgan fingerprint density at radius 3 is 2.50 bits per heavy atom. The maximum Gasteiger partial charge on any atom is 0.133 e. The lowest BCUT2D eigenvalue weighted by atomic mass is 10.5. The van der Waals surface area contributed by atoms with Gasteiger partial charge in [0.1, 0.15) is 11.0 Å². The van der Waals surface area contributed by atoms with Gasteiger partial charge in [-0.1, -0.05) is 11.6 Å². The van der Waals surface area contributed by atoms with Crippen molar-refractivity contribution in [2.24, 2.45) is 12.8 Å². The van der Waals surface area contributed by atoms with Crippen LogP contribution in [0.1, 0.15) is 11.5 Å². The smallest absolute Gasteiger partial charge is 0.133 e. The summed E-state index contributed by atoms with van der Waals surface area (Å²) in [5.74, 6) is 0.894. The van der Waals surface area contributed by atoms with Crippen LogP contribution >= 0.6 is 11.6 Å². The van der Waals surface area contributed by atoms with E-state index in [2.05, 4.69) is 4.98 Å². The Balaban J connectivity index is 3.17. The Kier molecular flexibility index (Phi) is 1.97. The molecule has 0 amide bonds. The number of hydrogen-bond donors (Lipinski definition) is 1. The quantitative estimate of drug-likeness (QED) is 0.660. The summed E-state index contributed by atoms with van der Waals surface area (Å²) in [4.78, 5) is 4.13. The third-order valence-electron chi connectivity index (χ3n) is 1.51. The predicted molar refractivity (Wildman–Crippen MR) is 40.8 cm³/mol. The number of aromatic nitrogens is 2. The zero-order valence-electron chi connectivity index (χ0n) is 6.06. The van der Waals surface area contributed by atoms with E-state index in [0.717, 1.165) is 11.5 Å². The Morgan fingerprint density at radius 2 is 2.30 bits per heavy atom. The minimum absolute atomic E-state index is 0.403. The highest BCUT2D eigenvalue weighted by Crippen LogP contribution is 2.14. The Hall–Kier alpha value is -0.540. The molecule has 0 fully saturated rings. The first-order chi connectivity index (χ1) is 4.66. The van der Waals surface area contributed by atoms with Gasteiger partial charge in [0.25, 0.3) is 0 Å². The summed E-state index contributed by atoms with van der Waals surface area (Å²) >= 11 is 5.83. The third-order valence-corrected chi connectivity index (χ3v) is 1.98. The van der Waals surface area contributed by atoms with Crippen LogP contribution in [0.2, 0.25) is 5.15 Å². The summed E-state index contributed by atoms with van der Waals surface area (Å²) < 4.78 is 1.81. The minimum Gasteiger partial charge on any atom is -0.325 e. The highest BCUT2D eigenvalue weighted by Gasteiger charge is 2.06. The van der Waals surface area contributed by atoms with Crippen molar-refractivity contribution < 1.29 is 0 Å². The number of nitrogens with two attached hydrogens (primary N) is 1. The SMILES string of the molecule is Cc1nc(CN)c(Cl)n1C. The molecule has 1 aromatic rings. The fraction of sp³-hybridized carbons (Fsp3) is 0.500. The molecule has 2 N–H and O–H groups in total. The molecule has 0 saturated carbocycles. The average Bonchev–Trinajstić information content (AvgIpc) is 2.17. The van der Waals surface area contributed by atoms with Crippen LogP contribution in [0.5, 0.6) is 0 Å². The molecule has 0 spiro atoms. The van der Waals surface area contributed by atoms with Crippen molar-refractivity contribution in [2.75, 3.05) is 0 Å². The van der Waals surface area contributed by atoms with Crippen molar-refractivity contribution in [2.45, 2.75) is 13.5 Å². The standard InChI is InChI=1S/C6H10ClN3/c1-4-9-5(3-8)6(7)10(4)2/h3,8H2,1-2H3. The van der Waals surface area contributed by atoms with Crippen LogP contribution < -0.4 is 5.73 Å². The monoisotopic (exact) mass is 159 g/mol. The maximum absolute atomic E-state index is 5.83. The van der Waals surface area contributed by atoms with E-state index in [-0.39, 0.29) is 0 Å². The highest BCUT2D eigenvalue weighted by atomic mass is 35.5. The Labute approximate surface area is 64.8 Å². The van der Waals surface area contributed by atoms with Gasteiger partial charge >= 0.3 is 0 Å². The van der Waals surface area contributed by atoms with Crippen molar-refractivity contribution in [3.05, 3.63) is 16.7 Å². The van der Waals surface area contributed by atoms with Gasteiger partial charge in [-0.05, 0) is 6.92 Å². The molecule has 1 rings (SSSR count). The Bertz CT molecular complexity index is 241. The summed E-state index contributed by atoms with van der Waals surface area (Å²) in [6.07, 6.45) is 0. The van der Waals surface area contributed by atoms with Crippen LogP contribution in [-0.2, 0) is 13.6 Å². The average molecular weight is 160 g/mol. The zero-order chi connectivity index (χ0) is 7.72. The fourth-order valence-corrected chi connectivity index (χ4v) is 1.02. The van der Waals surface area contributed by atoms with Gasteiger partial charge in [-0.3, -0.25) is 0 Å². The van der Waals surface area contributed by atoms with E-state index in [9.17, 15) is 0 Å². The van der Waals surface area contributed by atoms with Crippen molar-refractivity contribution in [1.29, 1.82) is 0 Å². The van der Waals surface area contributed by atoms with E-state index in [1.807, 2.05) is 18.5 Å². The van der Waals surface area contributed by atoms with Gasteiger partial charge in [-0.2, -0.15) is 0 Å². The van der Waals surface area contributed by atoms with E-state index in [1.165, 1.54) is 0 Å². The van der Waals surface area contributed by atoms with Crippen LogP contribution in [0.3, 0.4) is 0 Å². The van der Waals surface area contributed by atoms with Gasteiger partial charge in [0, 0.05) is 13.6 Å². The van der Waals surface area contributed by atoms with Gasteiger partial charge < -0.3 is 10.3 Å². The van der Waals surface area contributed by atoms with E-state index in [0.29, 0.717) is 11.7 Å². The van der Waals surface area contributed by atoms with Crippen LogP contribution in [0.15, 0.2) is 0 Å². The molecule has 0 aromatic carbocycles. The maximum atomic E-state index is 5.83. The first kappa shape index (κ1) is 7.57. The largest absolute Gasteiger partial charge is 0.325 e. The molecule has 0 aliphatic heterocycles. The summed E-state index contributed by atoms with van der Waals surface area (Å²) in [5, 5.41) is 0.639. The number of hydrogen-bond acceptors (Lipinski definition) is 2. The summed E-state index contributed by atoms with van der Waals surface area (Å²) in [6.45, 7) is 2.30. The molecule has 0 saturated heterocycles. The third kappa shape index (κ3) is 1.02. The number of nitrogens with zero attached hydrogens (tertiary/aromatic N) is 2. The molecule has 3 nitrogen and oxygen atoms in total. The van der Waals surface area contributed by atoms with E-state index in [4.69, 9.17) is 17.3 Å². The van der Waals surface area contributed by atoms with E-state index < -0.39 is 0 Å². The van der Waals surface area contributed by atoms with Crippen molar-refractivity contribution in [1.82, 2.24) is 9.55 Å². The van der Waals surface area contributed by atoms with Crippen LogP contribution in [0.25, 0.3) is 0 Å². The topological polar surface area (TPSA) is 43.8 Å². The number of aryl methyl sites for hydroxylation is 1. The Morgan fingerprint density at radius 1 is 1.70 bits per heavy atom. The molecule has 0 radical (unpaired) electrons. The van der Waals surface area contributed by atoms with Gasteiger partial charge in [0.05, 0.1) is 5.69 Å². The lowest BCUT2D eigenvalue weighted by Gasteiger charge is -1.93. The molecule has 1 aromatic heterocycles. The molecule has 1 heterocycles. The van der Waals surface area contributed by atoms with E-state index in [1.54, 1.807) is 0 Å². The van der Waals surface area contributed by atoms with Gasteiger partial charge in [0.15, 0.2) is 0 Å². The fourth-order valence-electron chi connectivity index (χ4n) is 0.782. The first-order valence-electron chi connectivity index (χ1n) is 3.04. The lowest BCUT2D eigenvalue weighted by Crippen LogP contribution is -1.97. The second kappa shape index (κ2) is 2.60. The molecule has 10 heavy (non-hydrogen) atoms. The first-order valence-corrected chi connectivity index (χ1v) is 3.42. The number of halogens is 1. The number of imidazole rings is 1. The zero-order valence-corrected chi connectivity index (χ0v) is 6.81. The lowest BCUT2D eigenvalue weighted by molar-refractivity contribution is 0.859. The van der Waals surface area contributed by atoms with Crippen LogP contribution in [0, 0.1) is 6.92 Å². The molecule has 0 bridgehead atoms. The predicted octanol–water partition coefficient (Wildman–Crippen LogP) is 0.841. The molecule has 4 heteroatoms.